The average molecular weight is 307 g/mol. The summed E-state index contributed by atoms with van der Waals surface area (Å²) in [5, 5.41) is 10.4. The Balaban J connectivity index is 1.92. The fourth-order valence-corrected chi connectivity index (χ4v) is 2.54. The summed E-state index contributed by atoms with van der Waals surface area (Å²) in [6.45, 7) is 2.65. The highest BCUT2D eigenvalue weighted by Crippen LogP contribution is 2.40. The Labute approximate surface area is 127 Å². The van der Waals surface area contributed by atoms with E-state index in [1.54, 1.807) is 36.3 Å². The van der Waals surface area contributed by atoms with Gasteiger partial charge in [-0.1, -0.05) is 18.5 Å². The van der Waals surface area contributed by atoms with Crippen molar-refractivity contribution in [1.29, 1.82) is 0 Å². The van der Waals surface area contributed by atoms with Crippen LogP contribution in [0.2, 0.25) is 5.02 Å². The minimum absolute atomic E-state index is 0.0820. The van der Waals surface area contributed by atoms with Crippen molar-refractivity contribution in [3.8, 4) is 11.5 Å². The van der Waals surface area contributed by atoms with E-state index in [-0.39, 0.29) is 11.9 Å². The summed E-state index contributed by atoms with van der Waals surface area (Å²) < 4.78 is 7.34. The van der Waals surface area contributed by atoms with Crippen molar-refractivity contribution >= 4 is 23.2 Å². The van der Waals surface area contributed by atoms with Crippen molar-refractivity contribution in [1.82, 2.24) is 15.1 Å². The molecule has 2 aromatic rings. The topological polar surface area (TPSA) is 68.2 Å². The van der Waals surface area contributed by atoms with Crippen LogP contribution in [-0.4, -0.2) is 22.2 Å². The number of hydrogen-bond donors (Lipinski definition) is 2. The SMILES string of the molecule is CCNC1C(=O)Nc2cc(Oc3cnn(C)c3)c(Cl)cc21. The third kappa shape index (κ3) is 2.59. The maximum Gasteiger partial charge on any atom is 0.246 e. The van der Waals surface area contributed by atoms with E-state index in [1.165, 1.54) is 0 Å². The number of benzene rings is 1. The number of aryl methyl sites for hydroxylation is 1. The van der Waals surface area contributed by atoms with Gasteiger partial charge in [-0.05, 0) is 12.6 Å². The number of anilines is 1. The molecule has 2 heterocycles. The second-order valence-corrected chi connectivity index (χ2v) is 5.21. The van der Waals surface area contributed by atoms with Crippen molar-refractivity contribution in [2.75, 3.05) is 11.9 Å². The lowest BCUT2D eigenvalue weighted by molar-refractivity contribution is -0.117. The summed E-state index contributed by atoms with van der Waals surface area (Å²) in [5.41, 5.74) is 1.56. The zero-order valence-electron chi connectivity index (χ0n) is 11.7. The maximum absolute atomic E-state index is 11.9. The van der Waals surface area contributed by atoms with E-state index in [2.05, 4.69) is 15.7 Å². The normalized spacial score (nSPS) is 16.7. The number of fused-ring (bicyclic) bond motifs is 1. The Hall–Kier alpha value is -2.05. The molecule has 0 spiro atoms. The summed E-state index contributed by atoms with van der Waals surface area (Å²) in [6.07, 6.45) is 3.34. The molecule has 1 atom stereocenters. The second-order valence-electron chi connectivity index (χ2n) is 4.80. The van der Waals surface area contributed by atoms with Gasteiger partial charge in [-0.25, -0.2) is 0 Å². The van der Waals surface area contributed by atoms with E-state index >= 15 is 0 Å². The Morgan fingerprint density at radius 1 is 1.52 bits per heavy atom. The largest absolute Gasteiger partial charge is 0.452 e. The Morgan fingerprint density at radius 3 is 3.00 bits per heavy atom. The molecule has 2 N–H and O–H groups in total. The molecule has 0 fully saturated rings. The van der Waals surface area contributed by atoms with Crippen LogP contribution in [-0.2, 0) is 11.8 Å². The lowest BCUT2D eigenvalue weighted by Crippen LogP contribution is -2.27. The zero-order chi connectivity index (χ0) is 15.0. The first-order valence-corrected chi connectivity index (χ1v) is 7.00. The number of halogens is 1. The first kappa shape index (κ1) is 13.9. The minimum Gasteiger partial charge on any atom is -0.452 e. The molecule has 1 aliphatic heterocycles. The minimum atomic E-state index is -0.366. The third-order valence-corrected chi connectivity index (χ3v) is 3.55. The van der Waals surface area contributed by atoms with E-state index in [1.807, 2.05) is 6.92 Å². The number of hydrogen-bond acceptors (Lipinski definition) is 4. The van der Waals surface area contributed by atoms with Gasteiger partial charge in [0.05, 0.1) is 17.4 Å². The molecule has 1 aromatic heterocycles. The molecule has 1 aromatic carbocycles. The highest BCUT2D eigenvalue weighted by atomic mass is 35.5. The molecule has 21 heavy (non-hydrogen) atoms. The third-order valence-electron chi connectivity index (χ3n) is 3.25. The van der Waals surface area contributed by atoms with Crippen molar-refractivity contribution in [3.05, 3.63) is 35.1 Å². The van der Waals surface area contributed by atoms with Gasteiger partial charge in [0.1, 0.15) is 11.8 Å². The van der Waals surface area contributed by atoms with Crippen LogP contribution in [0.25, 0.3) is 0 Å². The molecule has 6 nitrogen and oxygen atoms in total. The maximum atomic E-state index is 11.9. The quantitative estimate of drug-likeness (QED) is 0.910. The molecular formula is C14H15ClN4O2. The van der Waals surface area contributed by atoms with Gasteiger partial charge >= 0.3 is 0 Å². The number of carbonyl (C=O) groups is 1. The van der Waals surface area contributed by atoms with Crippen LogP contribution in [0.5, 0.6) is 11.5 Å². The standard InChI is InChI=1S/C14H15ClN4O2/c1-3-16-13-9-4-10(15)12(5-11(9)18-14(13)20)21-8-6-17-19(2)7-8/h4-7,13,16H,3H2,1-2H3,(H,18,20). The molecule has 7 heteroatoms. The lowest BCUT2D eigenvalue weighted by atomic mass is 10.1. The molecule has 0 aliphatic carbocycles. The molecule has 1 unspecified atom stereocenters. The molecule has 110 valence electrons. The molecule has 0 bridgehead atoms. The number of amides is 1. The van der Waals surface area contributed by atoms with E-state index in [0.717, 1.165) is 5.56 Å². The van der Waals surface area contributed by atoms with Crippen LogP contribution in [0.3, 0.4) is 0 Å². The number of rotatable bonds is 4. The van der Waals surface area contributed by atoms with Gasteiger partial charge in [-0.3, -0.25) is 9.48 Å². The van der Waals surface area contributed by atoms with Gasteiger partial charge in [0.25, 0.3) is 0 Å². The molecule has 0 radical (unpaired) electrons. The fraction of sp³-hybridized carbons (Fsp3) is 0.286. The Bertz CT molecular complexity index is 698. The number of carbonyl (C=O) groups excluding carboxylic acids is 1. The predicted molar refractivity (Wildman–Crippen MR) is 79.8 cm³/mol. The van der Waals surface area contributed by atoms with Crippen LogP contribution < -0.4 is 15.4 Å². The molecule has 0 saturated heterocycles. The fourth-order valence-electron chi connectivity index (χ4n) is 2.33. The van der Waals surface area contributed by atoms with Gasteiger partial charge in [0.2, 0.25) is 5.91 Å². The Morgan fingerprint density at radius 2 is 2.33 bits per heavy atom. The molecule has 0 saturated carbocycles. The molecule has 1 aliphatic rings. The lowest BCUT2D eigenvalue weighted by Gasteiger charge is -2.11. The van der Waals surface area contributed by atoms with Gasteiger partial charge < -0.3 is 15.4 Å². The second kappa shape index (κ2) is 5.38. The van der Waals surface area contributed by atoms with Gasteiger partial charge in [-0.15, -0.1) is 0 Å². The first-order valence-electron chi connectivity index (χ1n) is 6.62. The molecular weight excluding hydrogens is 292 g/mol. The van der Waals surface area contributed by atoms with Crippen molar-refractivity contribution in [2.24, 2.45) is 7.05 Å². The number of likely N-dealkylation sites (N-methyl/N-ethyl adjacent to an activating group) is 1. The highest BCUT2D eigenvalue weighted by Gasteiger charge is 2.31. The van der Waals surface area contributed by atoms with Crippen LogP contribution >= 0.6 is 11.6 Å². The van der Waals surface area contributed by atoms with Gasteiger partial charge in [0, 0.05) is 24.4 Å². The van der Waals surface area contributed by atoms with Crippen LogP contribution in [0, 0.1) is 0 Å². The van der Waals surface area contributed by atoms with E-state index < -0.39 is 0 Å². The first-order chi connectivity index (χ1) is 10.1. The highest BCUT2D eigenvalue weighted by molar-refractivity contribution is 6.32. The predicted octanol–water partition coefficient (Wildman–Crippen LogP) is 2.47. The summed E-state index contributed by atoms with van der Waals surface area (Å²) >= 11 is 6.26. The summed E-state index contributed by atoms with van der Waals surface area (Å²) in [5.74, 6) is 0.995. The number of aromatic nitrogens is 2. The Kier molecular flexibility index (Phi) is 3.57. The smallest absolute Gasteiger partial charge is 0.246 e. The van der Waals surface area contributed by atoms with Crippen LogP contribution in [0.4, 0.5) is 5.69 Å². The van der Waals surface area contributed by atoms with Crippen LogP contribution in [0.1, 0.15) is 18.5 Å². The van der Waals surface area contributed by atoms with Crippen LogP contribution in [0.15, 0.2) is 24.5 Å². The van der Waals surface area contributed by atoms with Crippen molar-refractivity contribution in [2.45, 2.75) is 13.0 Å². The summed E-state index contributed by atoms with van der Waals surface area (Å²) in [4.78, 5) is 11.9. The summed E-state index contributed by atoms with van der Waals surface area (Å²) in [6, 6.07) is 3.13. The molecule has 3 rings (SSSR count). The average Bonchev–Trinajstić information content (AvgIpc) is 2.96. The number of ether oxygens (including phenoxy) is 1. The van der Waals surface area contributed by atoms with Gasteiger partial charge in [-0.2, -0.15) is 5.10 Å². The summed E-state index contributed by atoms with van der Waals surface area (Å²) in [7, 11) is 1.80. The van der Waals surface area contributed by atoms with E-state index in [0.29, 0.717) is 28.8 Å². The zero-order valence-corrected chi connectivity index (χ0v) is 12.4. The van der Waals surface area contributed by atoms with E-state index in [4.69, 9.17) is 16.3 Å². The van der Waals surface area contributed by atoms with Crippen molar-refractivity contribution < 1.29 is 9.53 Å². The van der Waals surface area contributed by atoms with E-state index in [9.17, 15) is 4.79 Å². The monoisotopic (exact) mass is 306 g/mol. The van der Waals surface area contributed by atoms with Crippen molar-refractivity contribution in [3.63, 3.8) is 0 Å². The molecule has 1 amide bonds. The number of nitrogens with one attached hydrogen (secondary N) is 2. The van der Waals surface area contributed by atoms with Gasteiger partial charge in [0.15, 0.2) is 5.75 Å². The number of nitrogens with zero attached hydrogens (tertiary/aromatic N) is 2.